The Balaban J connectivity index is 2.21. The van der Waals surface area contributed by atoms with Gasteiger partial charge in [0.1, 0.15) is 0 Å². The molecule has 1 N–H and O–H groups in total. The molecule has 1 fully saturated rings. The quantitative estimate of drug-likeness (QED) is 0.680. The van der Waals surface area contributed by atoms with Crippen molar-refractivity contribution in [3.8, 4) is 0 Å². The van der Waals surface area contributed by atoms with E-state index in [-0.39, 0.29) is 0 Å². The van der Waals surface area contributed by atoms with Crippen LogP contribution in [0.5, 0.6) is 0 Å². The molecule has 0 amide bonds. The standard InChI is InChI=1S/C13H29NO2Si/c1-4-15-17(3,16-5-2)12-8-10-13-9-6-7-11-14-13/h13-14H,4-12H2,1-3H3. The molecule has 0 bridgehead atoms. The molecule has 0 saturated carbocycles. The Morgan fingerprint density at radius 1 is 1.18 bits per heavy atom. The van der Waals surface area contributed by atoms with Crippen LogP contribution in [0, 0.1) is 0 Å². The minimum Gasteiger partial charge on any atom is -0.395 e. The second-order valence-corrected chi connectivity index (χ2v) is 8.38. The molecule has 1 heterocycles. The van der Waals surface area contributed by atoms with Gasteiger partial charge in [0.15, 0.2) is 0 Å². The molecule has 0 aromatic heterocycles. The van der Waals surface area contributed by atoms with Crippen LogP contribution in [0.1, 0.15) is 46.0 Å². The van der Waals surface area contributed by atoms with Gasteiger partial charge in [0.2, 0.25) is 0 Å². The van der Waals surface area contributed by atoms with Crippen molar-refractivity contribution in [3.63, 3.8) is 0 Å². The molecule has 1 unspecified atom stereocenters. The van der Waals surface area contributed by atoms with Gasteiger partial charge in [0.05, 0.1) is 0 Å². The van der Waals surface area contributed by atoms with Gasteiger partial charge in [-0.2, -0.15) is 0 Å². The fourth-order valence-corrected chi connectivity index (χ4v) is 5.08. The van der Waals surface area contributed by atoms with Gasteiger partial charge in [0, 0.05) is 19.3 Å². The van der Waals surface area contributed by atoms with Crippen molar-refractivity contribution in [2.75, 3.05) is 19.8 Å². The maximum absolute atomic E-state index is 5.86. The molecular weight excluding hydrogens is 230 g/mol. The molecule has 0 spiro atoms. The maximum Gasteiger partial charge on any atom is 0.334 e. The number of hydrogen-bond donors (Lipinski definition) is 1. The fourth-order valence-electron chi connectivity index (χ4n) is 2.64. The van der Waals surface area contributed by atoms with E-state index in [4.69, 9.17) is 8.85 Å². The van der Waals surface area contributed by atoms with Crippen LogP contribution in [0.4, 0.5) is 0 Å². The second-order valence-electron chi connectivity index (χ2n) is 5.04. The first-order chi connectivity index (χ1) is 8.20. The SMILES string of the molecule is CCO[Si](C)(CCCC1CCCCN1)OCC. The summed E-state index contributed by atoms with van der Waals surface area (Å²) in [4.78, 5) is 0. The average molecular weight is 259 g/mol. The molecule has 0 aliphatic carbocycles. The van der Waals surface area contributed by atoms with Crippen molar-refractivity contribution < 1.29 is 8.85 Å². The predicted octanol–water partition coefficient (Wildman–Crippen LogP) is 3.05. The van der Waals surface area contributed by atoms with Gasteiger partial charge in [-0.05, 0) is 58.7 Å². The molecule has 17 heavy (non-hydrogen) atoms. The lowest BCUT2D eigenvalue weighted by atomic mass is 10.0. The van der Waals surface area contributed by atoms with Gasteiger partial charge < -0.3 is 14.2 Å². The summed E-state index contributed by atoms with van der Waals surface area (Å²) in [5, 5.41) is 3.60. The number of piperidine rings is 1. The zero-order valence-corrected chi connectivity index (χ0v) is 12.8. The average Bonchev–Trinajstić information content (AvgIpc) is 2.31. The van der Waals surface area contributed by atoms with E-state index in [9.17, 15) is 0 Å². The molecule has 3 nitrogen and oxygen atoms in total. The lowest BCUT2D eigenvalue weighted by molar-refractivity contribution is 0.187. The van der Waals surface area contributed by atoms with Gasteiger partial charge in [-0.3, -0.25) is 0 Å². The van der Waals surface area contributed by atoms with Crippen molar-refractivity contribution in [3.05, 3.63) is 0 Å². The van der Waals surface area contributed by atoms with E-state index in [2.05, 4.69) is 25.7 Å². The highest BCUT2D eigenvalue weighted by atomic mass is 28.4. The van der Waals surface area contributed by atoms with Gasteiger partial charge in [-0.1, -0.05) is 6.42 Å². The Bertz CT molecular complexity index is 190. The summed E-state index contributed by atoms with van der Waals surface area (Å²) in [6.07, 6.45) is 6.61. The van der Waals surface area contributed by atoms with Gasteiger partial charge in [-0.25, -0.2) is 0 Å². The highest BCUT2D eigenvalue weighted by Gasteiger charge is 2.30. The van der Waals surface area contributed by atoms with E-state index in [1.165, 1.54) is 38.6 Å². The minimum absolute atomic E-state index is 0.741. The molecule has 4 heteroatoms. The van der Waals surface area contributed by atoms with Crippen LogP contribution in [-0.2, 0) is 8.85 Å². The maximum atomic E-state index is 5.86. The van der Waals surface area contributed by atoms with Crippen LogP contribution in [0.25, 0.3) is 0 Å². The third-order valence-corrected chi connectivity index (χ3v) is 6.56. The summed E-state index contributed by atoms with van der Waals surface area (Å²) < 4.78 is 11.7. The van der Waals surface area contributed by atoms with Crippen molar-refractivity contribution in [2.24, 2.45) is 0 Å². The van der Waals surface area contributed by atoms with E-state index in [1.807, 2.05) is 0 Å². The Morgan fingerprint density at radius 2 is 1.88 bits per heavy atom. The third-order valence-electron chi connectivity index (χ3n) is 3.50. The minimum atomic E-state index is -1.86. The Kier molecular flexibility index (Phi) is 7.35. The molecule has 1 saturated heterocycles. The number of rotatable bonds is 8. The van der Waals surface area contributed by atoms with Crippen LogP contribution < -0.4 is 5.32 Å². The lowest BCUT2D eigenvalue weighted by Crippen LogP contribution is -2.39. The molecule has 102 valence electrons. The first kappa shape index (κ1) is 15.2. The first-order valence-corrected chi connectivity index (χ1v) is 9.74. The summed E-state index contributed by atoms with van der Waals surface area (Å²) in [6.45, 7) is 9.10. The molecule has 0 aromatic rings. The van der Waals surface area contributed by atoms with Crippen molar-refractivity contribution in [2.45, 2.75) is 64.6 Å². The van der Waals surface area contributed by atoms with Crippen molar-refractivity contribution in [1.29, 1.82) is 0 Å². The Labute approximate surface area is 108 Å². The van der Waals surface area contributed by atoms with Crippen LogP contribution >= 0.6 is 0 Å². The van der Waals surface area contributed by atoms with Crippen molar-refractivity contribution in [1.82, 2.24) is 5.32 Å². The van der Waals surface area contributed by atoms with Gasteiger partial charge >= 0.3 is 8.56 Å². The van der Waals surface area contributed by atoms with Crippen molar-refractivity contribution >= 4 is 8.56 Å². The summed E-state index contributed by atoms with van der Waals surface area (Å²) >= 11 is 0. The van der Waals surface area contributed by atoms with Crippen LogP contribution in [0.15, 0.2) is 0 Å². The predicted molar refractivity (Wildman–Crippen MR) is 74.6 cm³/mol. The molecule has 1 aliphatic heterocycles. The van der Waals surface area contributed by atoms with Gasteiger partial charge in [-0.15, -0.1) is 0 Å². The fraction of sp³-hybridized carbons (Fsp3) is 1.00. The zero-order chi connectivity index (χ0) is 12.6. The normalized spacial score (nSPS) is 21.7. The molecule has 1 rings (SSSR count). The summed E-state index contributed by atoms with van der Waals surface area (Å²) in [6, 6.07) is 1.87. The Morgan fingerprint density at radius 3 is 2.41 bits per heavy atom. The van der Waals surface area contributed by atoms with E-state index in [1.54, 1.807) is 0 Å². The van der Waals surface area contributed by atoms with E-state index >= 15 is 0 Å². The van der Waals surface area contributed by atoms with E-state index in [0.29, 0.717) is 0 Å². The molecule has 0 aromatic carbocycles. The Hall–Kier alpha value is 0.0969. The topological polar surface area (TPSA) is 30.5 Å². The van der Waals surface area contributed by atoms with Crippen LogP contribution in [-0.4, -0.2) is 34.4 Å². The van der Waals surface area contributed by atoms with Crippen LogP contribution in [0.3, 0.4) is 0 Å². The highest BCUT2D eigenvalue weighted by molar-refractivity contribution is 6.66. The summed E-state index contributed by atoms with van der Waals surface area (Å²) in [7, 11) is -1.86. The molecular formula is C13H29NO2Si. The number of hydrogen-bond acceptors (Lipinski definition) is 3. The zero-order valence-electron chi connectivity index (χ0n) is 11.8. The lowest BCUT2D eigenvalue weighted by Gasteiger charge is -2.28. The number of nitrogens with one attached hydrogen (secondary N) is 1. The largest absolute Gasteiger partial charge is 0.395 e. The summed E-state index contributed by atoms with van der Waals surface area (Å²) in [5.41, 5.74) is 0. The van der Waals surface area contributed by atoms with Gasteiger partial charge in [0.25, 0.3) is 0 Å². The third kappa shape index (κ3) is 6.00. The second kappa shape index (κ2) is 8.24. The summed E-state index contributed by atoms with van der Waals surface area (Å²) in [5.74, 6) is 0. The van der Waals surface area contributed by atoms with E-state index < -0.39 is 8.56 Å². The highest BCUT2D eigenvalue weighted by Crippen LogP contribution is 2.20. The van der Waals surface area contributed by atoms with E-state index in [0.717, 1.165) is 25.3 Å². The smallest absolute Gasteiger partial charge is 0.334 e. The molecule has 0 radical (unpaired) electrons. The first-order valence-electron chi connectivity index (χ1n) is 7.21. The molecule has 1 aliphatic rings. The molecule has 1 atom stereocenters. The van der Waals surface area contributed by atoms with Crippen LogP contribution in [0.2, 0.25) is 12.6 Å². The monoisotopic (exact) mass is 259 g/mol.